The van der Waals surface area contributed by atoms with Crippen LogP contribution in [0.5, 0.6) is 5.75 Å². The van der Waals surface area contributed by atoms with E-state index in [4.69, 9.17) is 4.11 Å². The van der Waals surface area contributed by atoms with Crippen molar-refractivity contribution in [1.29, 1.82) is 0 Å². The Balaban J connectivity index is 2.47. The predicted molar refractivity (Wildman–Crippen MR) is 58.7 cm³/mol. The fourth-order valence-electron chi connectivity index (χ4n) is 0.918. The molecule has 0 aliphatic rings. The molecule has 0 spiro atoms. The number of aryl methyl sites for hydroxylation is 1. The van der Waals surface area contributed by atoms with Crippen LogP contribution in [-0.2, 0) is 0 Å². The van der Waals surface area contributed by atoms with Crippen LogP contribution in [0, 0.1) is 18.8 Å². The zero-order valence-corrected chi connectivity index (χ0v) is 8.64. The first kappa shape index (κ1) is 6.59. The summed E-state index contributed by atoms with van der Waals surface area (Å²) in [5.41, 5.74) is 0.542. The molecule has 2 heterocycles. The van der Waals surface area contributed by atoms with Crippen molar-refractivity contribution < 1.29 is 9.22 Å². The maximum Gasteiger partial charge on any atom is 0.135 e. The lowest BCUT2D eigenvalue weighted by atomic mass is 10.3. The molecule has 4 heteroatoms. The van der Waals surface area contributed by atoms with Crippen LogP contribution in [0.3, 0.4) is 0 Å². The molecule has 0 fully saturated rings. The van der Waals surface area contributed by atoms with Gasteiger partial charge in [-0.15, -0.1) is 11.3 Å². The molecule has 0 unspecified atom stereocenters. The molecule has 0 bridgehead atoms. The van der Waals surface area contributed by atoms with Gasteiger partial charge in [-0.05, 0) is 18.9 Å². The standard InChI is InChI=1S/C11H8N2OS/c1-8-13-10(7-15-8)3-2-9-4-11(14)6-12-5-9/h4-7,14H,1H3/i4D,5D,6D. The monoisotopic (exact) mass is 219 g/mol. The van der Waals surface area contributed by atoms with Crippen LogP contribution in [0.25, 0.3) is 0 Å². The Hall–Kier alpha value is -1.86. The molecule has 0 aliphatic carbocycles. The summed E-state index contributed by atoms with van der Waals surface area (Å²) in [4.78, 5) is 7.62. The third-order valence-electron chi connectivity index (χ3n) is 1.51. The molecule has 0 amide bonds. The molecule has 0 aliphatic heterocycles. The van der Waals surface area contributed by atoms with Gasteiger partial charge in [0.25, 0.3) is 0 Å². The van der Waals surface area contributed by atoms with Crippen molar-refractivity contribution in [1.82, 2.24) is 9.97 Å². The number of rotatable bonds is 0. The molecule has 0 radical (unpaired) electrons. The molecule has 2 aromatic heterocycles. The Morgan fingerprint density at radius 3 is 3.07 bits per heavy atom. The molecule has 1 N–H and O–H groups in total. The van der Waals surface area contributed by atoms with Gasteiger partial charge in [0, 0.05) is 17.1 Å². The number of aromatic hydroxyl groups is 1. The van der Waals surface area contributed by atoms with E-state index in [9.17, 15) is 5.11 Å². The third kappa shape index (κ3) is 2.55. The van der Waals surface area contributed by atoms with Gasteiger partial charge in [-0.25, -0.2) is 4.98 Å². The SMILES string of the molecule is [2H]c1nc([2H])c(C#Cc2csc(C)n2)c([2H])c1O. The van der Waals surface area contributed by atoms with Gasteiger partial charge < -0.3 is 5.11 Å². The molecule has 0 aromatic carbocycles. The van der Waals surface area contributed by atoms with Gasteiger partial charge in [0.2, 0.25) is 0 Å². The molecule has 2 aromatic rings. The Morgan fingerprint density at radius 1 is 1.47 bits per heavy atom. The number of hydrogen-bond donors (Lipinski definition) is 1. The summed E-state index contributed by atoms with van der Waals surface area (Å²) < 4.78 is 22.4. The van der Waals surface area contributed by atoms with E-state index in [1.54, 1.807) is 5.38 Å². The zero-order valence-electron chi connectivity index (χ0n) is 10.8. The highest BCUT2D eigenvalue weighted by Gasteiger charge is 1.93. The molecule has 74 valence electrons. The molecule has 15 heavy (non-hydrogen) atoms. The fraction of sp³-hybridized carbons (Fsp3) is 0.0909. The van der Waals surface area contributed by atoms with E-state index < -0.39 is 11.9 Å². The van der Waals surface area contributed by atoms with Crippen molar-refractivity contribution in [3.8, 4) is 17.6 Å². The molecular weight excluding hydrogens is 208 g/mol. The average Bonchev–Trinajstić information content (AvgIpc) is 2.72. The molecule has 3 nitrogen and oxygen atoms in total. The first-order chi connectivity index (χ1) is 8.49. The summed E-state index contributed by atoms with van der Waals surface area (Å²) in [5, 5.41) is 12.1. The van der Waals surface area contributed by atoms with Crippen molar-refractivity contribution in [2.75, 3.05) is 0 Å². The van der Waals surface area contributed by atoms with E-state index in [1.165, 1.54) is 11.3 Å². The quantitative estimate of drug-likeness (QED) is 0.689. The normalized spacial score (nSPS) is 12.2. The van der Waals surface area contributed by atoms with Crippen molar-refractivity contribution in [2.45, 2.75) is 6.92 Å². The van der Waals surface area contributed by atoms with E-state index >= 15 is 0 Å². The van der Waals surface area contributed by atoms with Gasteiger partial charge in [-0.3, -0.25) is 4.98 Å². The Morgan fingerprint density at radius 2 is 2.33 bits per heavy atom. The van der Waals surface area contributed by atoms with Crippen molar-refractivity contribution in [3.05, 3.63) is 40.0 Å². The number of thiazole rings is 1. The number of nitrogens with zero attached hydrogens (tertiary/aromatic N) is 2. The average molecular weight is 219 g/mol. The van der Waals surface area contributed by atoms with Crippen molar-refractivity contribution in [3.63, 3.8) is 0 Å². The molecule has 0 saturated carbocycles. The van der Waals surface area contributed by atoms with Crippen LogP contribution in [0.1, 0.15) is 20.4 Å². The summed E-state index contributed by atoms with van der Waals surface area (Å²) in [7, 11) is 0. The van der Waals surface area contributed by atoms with E-state index in [0.717, 1.165) is 5.01 Å². The summed E-state index contributed by atoms with van der Waals surface area (Å²) >= 11 is 1.45. The van der Waals surface area contributed by atoms with Crippen LogP contribution < -0.4 is 0 Å². The minimum atomic E-state index is -0.565. The molecule has 0 saturated heterocycles. The van der Waals surface area contributed by atoms with E-state index in [2.05, 4.69) is 21.8 Å². The first-order valence-corrected chi connectivity index (χ1v) is 4.98. The maximum absolute atomic E-state index is 9.41. The van der Waals surface area contributed by atoms with Crippen molar-refractivity contribution in [2.24, 2.45) is 0 Å². The minimum absolute atomic E-state index is 0.00541. The topological polar surface area (TPSA) is 46.0 Å². The first-order valence-electron chi connectivity index (χ1n) is 5.60. The Bertz CT molecular complexity index is 673. The second kappa shape index (κ2) is 4.11. The van der Waals surface area contributed by atoms with Crippen LogP contribution in [-0.4, -0.2) is 15.1 Å². The van der Waals surface area contributed by atoms with Gasteiger partial charge in [0.1, 0.15) is 11.4 Å². The molecule has 0 atom stereocenters. The number of hydrogen-bond acceptors (Lipinski definition) is 4. The largest absolute Gasteiger partial charge is 0.506 e. The number of aromatic nitrogens is 2. The third-order valence-corrected chi connectivity index (χ3v) is 2.28. The van der Waals surface area contributed by atoms with Crippen LogP contribution in [0.2, 0.25) is 0 Å². The Kier molecular flexibility index (Phi) is 1.81. The van der Waals surface area contributed by atoms with Gasteiger partial charge in [0.15, 0.2) is 0 Å². The number of pyridine rings is 1. The van der Waals surface area contributed by atoms with Crippen LogP contribution in [0.4, 0.5) is 0 Å². The highest BCUT2D eigenvalue weighted by molar-refractivity contribution is 7.09. The van der Waals surface area contributed by atoms with E-state index in [1.807, 2.05) is 6.92 Å². The summed E-state index contributed by atoms with van der Waals surface area (Å²) in [5.74, 6) is 4.73. The molecular formula is C11H8N2OS. The lowest BCUT2D eigenvalue weighted by molar-refractivity contribution is 0.472. The van der Waals surface area contributed by atoms with E-state index in [0.29, 0.717) is 5.69 Å². The van der Waals surface area contributed by atoms with Gasteiger partial charge >= 0.3 is 0 Å². The summed E-state index contributed by atoms with van der Waals surface area (Å²) in [6, 6.07) is -0.348. The fourth-order valence-corrected chi connectivity index (χ4v) is 1.46. The lowest BCUT2D eigenvalue weighted by Crippen LogP contribution is -1.78. The highest BCUT2D eigenvalue weighted by Crippen LogP contribution is 2.08. The predicted octanol–water partition coefficient (Wildman–Crippen LogP) is 1.95. The van der Waals surface area contributed by atoms with Gasteiger partial charge in [0.05, 0.1) is 15.3 Å². The second-order valence-corrected chi connectivity index (χ2v) is 3.75. The van der Waals surface area contributed by atoms with E-state index in [-0.39, 0.29) is 17.8 Å². The second-order valence-electron chi connectivity index (χ2n) is 2.69. The van der Waals surface area contributed by atoms with Gasteiger partial charge in [-0.2, -0.15) is 0 Å². The zero-order chi connectivity index (χ0) is 13.3. The summed E-state index contributed by atoms with van der Waals surface area (Å²) in [6.45, 7) is 1.85. The maximum atomic E-state index is 9.41. The van der Waals surface area contributed by atoms with Crippen LogP contribution in [0.15, 0.2) is 23.8 Å². The van der Waals surface area contributed by atoms with Crippen molar-refractivity contribution >= 4 is 11.3 Å². The Labute approximate surface area is 95.7 Å². The minimum Gasteiger partial charge on any atom is -0.506 e. The lowest BCUT2D eigenvalue weighted by Gasteiger charge is -1.89. The van der Waals surface area contributed by atoms with Crippen LogP contribution >= 0.6 is 11.3 Å². The molecule has 2 rings (SSSR count). The summed E-state index contributed by atoms with van der Waals surface area (Å²) in [6.07, 6.45) is -0.776. The smallest absolute Gasteiger partial charge is 0.135 e. The highest BCUT2D eigenvalue weighted by atomic mass is 32.1. The van der Waals surface area contributed by atoms with Gasteiger partial charge in [-0.1, -0.05) is 5.92 Å².